The minimum atomic E-state index is -0.474. The van der Waals surface area contributed by atoms with Crippen LogP contribution in [-0.4, -0.2) is 10.0 Å². The lowest BCUT2D eigenvalue weighted by Crippen LogP contribution is -1.94. The van der Waals surface area contributed by atoms with Crippen LogP contribution in [0.25, 0.3) is 0 Å². The summed E-state index contributed by atoms with van der Waals surface area (Å²) in [5.74, 6) is 0.0458. The van der Waals surface area contributed by atoms with E-state index in [-0.39, 0.29) is 11.4 Å². The SMILES string of the molecule is O=[N+]([O-])c1cc(Br)c(O)c(Cc2ccccc2)c1. The molecule has 0 aliphatic heterocycles. The van der Waals surface area contributed by atoms with Crippen LogP contribution in [0.1, 0.15) is 11.1 Å². The van der Waals surface area contributed by atoms with Gasteiger partial charge in [-0.1, -0.05) is 30.3 Å². The molecule has 0 atom stereocenters. The zero-order valence-electron chi connectivity index (χ0n) is 9.34. The summed E-state index contributed by atoms with van der Waals surface area (Å²) in [6.07, 6.45) is 0.451. The predicted molar refractivity (Wildman–Crippen MR) is 71.7 cm³/mol. The van der Waals surface area contributed by atoms with E-state index in [0.29, 0.717) is 16.5 Å². The number of rotatable bonds is 3. The summed E-state index contributed by atoms with van der Waals surface area (Å²) in [4.78, 5) is 10.3. The molecule has 0 saturated heterocycles. The average Bonchev–Trinajstić information content (AvgIpc) is 2.35. The first-order chi connectivity index (χ1) is 8.58. The monoisotopic (exact) mass is 307 g/mol. The van der Waals surface area contributed by atoms with Crippen molar-refractivity contribution in [2.45, 2.75) is 6.42 Å². The Labute approximate surface area is 112 Å². The highest BCUT2D eigenvalue weighted by Gasteiger charge is 2.14. The number of nitrogens with zero attached hydrogens (tertiary/aromatic N) is 1. The molecule has 1 N–H and O–H groups in total. The van der Waals surface area contributed by atoms with Crippen LogP contribution in [0.5, 0.6) is 5.75 Å². The van der Waals surface area contributed by atoms with E-state index in [2.05, 4.69) is 15.9 Å². The fourth-order valence-corrected chi connectivity index (χ4v) is 2.19. The van der Waals surface area contributed by atoms with Crippen LogP contribution >= 0.6 is 15.9 Å². The lowest BCUT2D eigenvalue weighted by atomic mass is 10.0. The molecule has 0 amide bonds. The Bertz CT molecular complexity index is 584. The molecule has 0 spiro atoms. The molecule has 0 fully saturated rings. The van der Waals surface area contributed by atoms with E-state index in [1.54, 1.807) is 0 Å². The zero-order chi connectivity index (χ0) is 13.1. The smallest absolute Gasteiger partial charge is 0.271 e. The van der Waals surface area contributed by atoms with Crippen LogP contribution in [0.3, 0.4) is 0 Å². The standard InChI is InChI=1S/C13H10BrNO3/c14-12-8-11(15(17)18)7-10(13(12)16)6-9-4-2-1-3-5-9/h1-5,7-8,16H,6H2. The van der Waals surface area contributed by atoms with Crippen molar-refractivity contribution < 1.29 is 10.0 Å². The van der Waals surface area contributed by atoms with Gasteiger partial charge in [-0.05, 0) is 21.5 Å². The highest BCUT2D eigenvalue weighted by Crippen LogP contribution is 2.33. The number of hydrogen-bond acceptors (Lipinski definition) is 3. The van der Waals surface area contributed by atoms with Crippen molar-refractivity contribution in [3.8, 4) is 5.75 Å². The Hall–Kier alpha value is -1.88. The first-order valence-corrected chi connectivity index (χ1v) is 6.07. The Morgan fingerprint density at radius 2 is 1.89 bits per heavy atom. The third kappa shape index (κ3) is 2.68. The number of hydrogen-bond donors (Lipinski definition) is 1. The third-order valence-corrected chi connectivity index (χ3v) is 3.18. The van der Waals surface area contributed by atoms with Gasteiger partial charge in [0.15, 0.2) is 0 Å². The van der Waals surface area contributed by atoms with Gasteiger partial charge in [0.25, 0.3) is 5.69 Å². The Morgan fingerprint density at radius 1 is 1.22 bits per heavy atom. The molecule has 18 heavy (non-hydrogen) atoms. The normalized spacial score (nSPS) is 10.3. The number of phenolic OH excluding ortho intramolecular Hbond substituents is 1. The van der Waals surface area contributed by atoms with Crippen molar-refractivity contribution in [1.29, 1.82) is 0 Å². The molecule has 2 rings (SSSR count). The van der Waals surface area contributed by atoms with E-state index in [1.807, 2.05) is 30.3 Å². The Balaban J connectivity index is 2.41. The molecule has 0 heterocycles. The van der Waals surface area contributed by atoms with Gasteiger partial charge in [0.05, 0.1) is 9.40 Å². The summed E-state index contributed by atoms with van der Waals surface area (Å²) in [7, 11) is 0. The van der Waals surface area contributed by atoms with E-state index < -0.39 is 4.92 Å². The molecule has 0 saturated carbocycles. The molecular formula is C13H10BrNO3. The van der Waals surface area contributed by atoms with Crippen LogP contribution in [-0.2, 0) is 6.42 Å². The molecule has 0 aliphatic carbocycles. The van der Waals surface area contributed by atoms with Gasteiger partial charge in [0, 0.05) is 24.1 Å². The lowest BCUT2D eigenvalue weighted by molar-refractivity contribution is -0.385. The summed E-state index contributed by atoms with van der Waals surface area (Å²) in [6.45, 7) is 0. The van der Waals surface area contributed by atoms with Crippen molar-refractivity contribution >= 4 is 21.6 Å². The number of halogens is 1. The van der Waals surface area contributed by atoms with Gasteiger partial charge in [-0.15, -0.1) is 0 Å². The molecular weight excluding hydrogens is 298 g/mol. The number of aromatic hydroxyl groups is 1. The zero-order valence-corrected chi connectivity index (χ0v) is 10.9. The summed E-state index contributed by atoms with van der Waals surface area (Å²) >= 11 is 3.12. The van der Waals surface area contributed by atoms with E-state index >= 15 is 0 Å². The molecule has 0 bridgehead atoms. The first-order valence-electron chi connectivity index (χ1n) is 5.27. The second kappa shape index (κ2) is 5.18. The van der Waals surface area contributed by atoms with Crippen molar-refractivity contribution in [3.63, 3.8) is 0 Å². The summed E-state index contributed by atoms with van der Waals surface area (Å²) in [5.41, 5.74) is 1.48. The second-order valence-electron chi connectivity index (χ2n) is 3.85. The van der Waals surface area contributed by atoms with Gasteiger partial charge in [0.2, 0.25) is 0 Å². The van der Waals surface area contributed by atoms with E-state index in [4.69, 9.17) is 0 Å². The maximum absolute atomic E-state index is 10.8. The molecule has 0 radical (unpaired) electrons. The molecule has 2 aromatic rings. The molecule has 5 heteroatoms. The number of nitro groups is 1. The fourth-order valence-electron chi connectivity index (χ4n) is 1.70. The van der Waals surface area contributed by atoms with Gasteiger partial charge in [0.1, 0.15) is 5.75 Å². The molecule has 4 nitrogen and oxygen atoms in total. The van der Waals surface area contributed by atoms with Crippen molar-refractivity contribution in [2.24, 2.45) is 0 Å². The summed E-state index contributed by atoms with van der Waals surface area (Å²) in [6, 6.07) is 12.2. The molecule has 0 unspecified atom stereocenters. The Kier molecular flexibility index (Phi) is 3.62. The molecule has 0 aliphatic rings. The highest BCUT2D eigenvalue weighted by molar-refractivity contribution is 9.10. The van der Waals surface area contributed by atoms with Gasteiger partial charge in [-0.3, -0.25) is 10.1 Å². The fraction of sp³-hybridized carbons (Fsp3) is 0.0769. The number of non-ortho nitro benzene ring substituents is 1. The lowest BCUT2D eigenvalue weighted by Gasteiger charge is -2.06. The summed E-state index contributed by atoms with van der Waals surface area (Å²) < 4.78 is 0.336. The summed E-state index contributed by atoms with van der Waals surface area (Å²) in [5, 5.41) is 20.7. The van der Waals surface area contributed by atoms with Gasteiger partial charge in [-0.25, -0.2) is 0 Å². The van der Waals surface area contributed by atoms with Crippen molar-refractivity contribution in [1.82, 2.24) is 0 Å². The third-order valence-electron chi connectivity index (χ3n) is 2.58. The van der Waals surface area contributed by atoms with Crippen LogP contribution < -0.4 is 0 Å². The Morgan fingerprint density at radius 3 is 2.50 bits per heavy atom. The van der Waals surface area contributed by atoms with Crippen LogP contribution in [0.4, 0.5) is 5.69 Å². The highest BCUT2D eigenvalue weighted by atomic mass is 79.9. The molecule has 2 aromatic carbocycles. The largest absolute Gasteiger partial charge is 0.506 e. The molecule has 0 aromatic heterocycles. The number of nitro benzene ring substituents is 1. The van der Waals surface area contributed by atoms with Crippen LogP contribution in [0, 0.1) is 10.1 Å². The maximum atomic E-state index is 10.8. The minimum absolute atomic E-state index is 0.0365. The van der Waals surface area contributed by atoms with Gasteiger partial charge < -0.3 is 5.11 Å². The van der Waals surface area contributed by atoms with E-state index in [1.165, 1.54) is 12.1 Å². The minimum Gasteiger partial charge on any atom is -0.506 e. The van der Waals surface area contributed by atoms with E-state index in [0.717, 1.165) is 5.56 Å². The van der Waals surface area contributed by atoms with Crippen LogP contribution in [0.2, 0.25) is 0 Å². The first kappa shape index (κ1) is 12.6. The second-order valence-corrected chi connectivity index (χ2v) is 4.71. The number of benzene rings is 2. The average molecular weight is 308 g/mol. The maximum Gasteiger partial charge on any atom is 0.271 e. The van der Waals surface area contributed by atoms with Gasteiger partial charge >= 0.3 is 0 Å². The number of phenols is 1. The van der Waals surface area contributed by atoms with E-state index in [9.17, 15) is 15.2 Å². The van der Waals surface area contributed by atoms with Crippen LogP contribution in [0.15, 0.2) is 46.9 Å². The molecule has 92 valence electrons. The van der Waals surface area contributed by atoms with Gasteiger partial charge in [-0.2, -0.15) is 0 Å². The topological polar surface area (TPSA) is 63.4 Å². The van der Waals surface area contributed by atoms with Crippen molar-refractivity contribution in [2.75, 3.05) is 0 Å². The van der Waals surface area contributed by atoms with Crippen molar-refractivity contribution in [3.05, 3.63) is 68.2 Å². The predicted octanol–water partition coefficient (Wildman–Crippen LogP) is 3.65. The quantitative estimate of drug-likeness (QED) is 0.695.